The summed E-state index contributed by atoms with van der Waals surface area (Å²) in [6.45, 7) is 2.64. The van der Waals surface area contributed by atoms with Gasteiger partial charge in [0.2, 0.25) is 5.91 Å². The van der Waals surface area contributed by atoms with Crippen molar-refractivity contribution < 1.29 is 9.18 Å². The van der Waals surface area contributed by atoms with Crippen molar-refractivity contribution in [3.05, 3.63) is 35.6 Å². The van der Waals surface area contributed by atoms with Gasteiger partial charge < -0.3 is 10.2 Å². The molecule has 1 unspecified atom stereocenters. The van der Waals surface area contributed by atoms with Crippen LogP contribution in [0.1, 0.15) is 50.5 Å². The van der Waals surface area contributed by atoms with Gasteiger partial charge >= 0.3 is 0 Å². The first kappa shape index (κ1) is 16.1. The zero-order valence-corrected chi connectivity index (χ0v) is 14.3. The Morgan fingerprint density at radius 1 is 1.25 bits per heavy atom. The summed E-state index contributed by atoms with van der Waals surface area (Å²) < 4.78 is 13.5. The van der Waals surface area contributed by atoms with Crippen molar-refractivity contribution in [2.75, 3.05) is 13.1 Å². The highest BCUT2D eigenvalue weighted by molar-refractivity contribution is 5.83. The van der Waals surface area contributed by atoms with Crippen molar-refractivity contribution in [1.82, 2.24) is 10.2 Å². The molecular weight excluding hydrogens is 303 g/mol. The molecule has 1 amide bonds. The number of carbonyl (C=O) groups excluding carboxylic acids is 1. The number of hydrogen-bond donors (Lipinski definition) is 1. The fraction of sp³-hybridized carbons (Fsp3) is 0.650. The first-order chi connectivity index (χ1) is 11.7. The number of carbonyl (C=O) groups is 1. The third kappa shape index (κ3) is 3.08. The van der Waals surface area contributed by atoms with Crippen molar-refractivity contribution in [3.63, 3.8) is 0 Å². The SMILES string of the molecule is O=C(C1CC12CCNCC2)N(Cc1cccc(F)c1)C1CCCC1. The van der Waals surface area contributed by atoms with Gasteiger partial charge in [-0.2, -0.15) is 0 Å². The Labute approximate surface area is 143 Å². The Morgan fingerprint density at radius 2 is 2.00 bits per heavy atom. The highest BCUT2D eigenvalue weighted by atomic mass is 19.1. The summed E-state index contributed by atoms with van der Waals surface area (Å²) >= 11 is 0. The monoisotopic (exact) mass is 330 g/mol. The quantitative estimate of drug-likeness (QED) is 0.916. The summed E-state index contributed by atoms with van der Waals surface area (Å²) in [5.41, 5.74) is 1.18. The van der Waals surface area contributed by atoms with E-state index < -0.39 is 0 Å². The van der Waals surface area contributed by atoms with Gasteiger partial charge in [-0.1, -0.05) is 25.0 Å². The molecule has 1 heterocycles. The van der Waals surface area contributed by atoms with Gasteiger partial charge in [-0.05, 0) is 68.3 Å². The molecule has 1 aromatic rings. The Bertz CT molecular complexity index is 605. The van der Waals surface area contributed by atoms with Crippen LogP contribution in [-0.4, -0.2) is 29.9 Å². The Kier molecular flexibility index (Phi) is 4.33. The molecule has 1 aliphatic heterocycles. The molecule has 2 saturated carbocycles. The van der Waals surface area contributed by atoms with Gasteiger partial charge in [0.05, 0.1) is 0 Å². The summed E-state index contributed by atoms with van der Waals surface area (Å²) in [4.78, 5) is 15.4. The van der Waals surface area contributed by atoms with E-state index in [-0.39, 0.29) is 17.2 Å². The molecule has 1 atom stereocenters. The van der Waals surface area contributed by atoms with E-state index in [1.54, 1.807) is 12.1 Å². The van der Waals surface area contributed by atoms with Gasteiger partial charge in [0.1, 0.15) is 5.82 Å². The van der Waals surface area contributed by atoms with Gasteiger partial charge in [0, 0.05) is 18.5 Å². The van der Waals surface area contributed by atoms with E-state index in [1.807, 2.05) is 6.07 Å². The van der Waals surface area contributed by atoms with Gasteiger partial charge in [0.15, 0.2) is 0 Å². The fourth-order valence-corrected chi connectivity index (χ4v) is 4.81. The molecule has 3 nitrogen and oxygen atoms in total. The van der Waals surface area contributed by atoms with Crippen molar-refractivity contribution in [3.8, 4) is 0 Å². The van der Waals surface area contributed by atoms with Gasteiger partial charge in [-0.25, -0.2) is 4.39 Å². The van der Waals surface area contributed by atoms with Crippen molar-refractivity contribution in [2.45, 2.75) is 57.5 Å². The number of amides is 1. The van der Waals surface area contributed by atoms with E-state index in [0.29, 0.717) is 18.5 Å². The van der Waals surface area contributed by atoms with E-state index in [2.05, 4.69) is 10.2 Å². The summed E-state index contributed by atoms with van der Waals surface area (Å²) in [6.07, 6.45) is 7.92. The van der Waals surface area contributed by atoms with Gasteiger partial charge in [-0.3, -0.25) is 4.79 Å². The maximum Gasteiger partial charge on any atom is 0.226 e. The molecular formula is C20H27FN2O. The lowest BCUT2D eigenvalue weighted by Crippen LogP contribution is -2.41. The first-order valence-electron chi connectivity index (χ1n) is 9.44. The normalized spacial score (nSPS) is 25.8. The van der Waals surface area contributed by atoms with E-state index >= 15 is 0 Å². The standard InChI is InChI=1S/C20H27FN2O/c21-16-5-3-4-15(12-16)14-23(17-6-1-2-7-17)19(24)18-13-20(18)8-10-22-11-9-20/h3-5,12,17-18,22H,1-2,6-11,13-14H2. The van der Waals surface area contributed by atoms with Crippen LogP contribution in [0.5, 0.6) is 0 Å². The summed E-state index contributed by atoms with van der Waals surface area (Å²) in [7, 11) is 0. The molecule has 4 rings (SSSR count). The molecule has 2 aliphatic carbocycles. The topological polar surface area (TPSA) is 32.3 Å². The van der Waals surface area contributed by atoms with Crippen molar-refractivity contribution >= 4 is 5.91 Å². The third-order valence-electron chi connectivity index (χ3n) is 6.38. The van der Waals surface area contributed by atoms with Crippen LogP contribution in [0, 0.1) is 17.2 Å². The Hall–Kier alpha value is -1.42. The number of nitrogens with zero attached hydrogens (tertiary/aromatic N) is 1. The van der Waals surface area contributed by atoms with E-state index in [4.69, 9.17) is 0 Å². The van der Waals surface area contributed by atoms with Gasteiger partial charge in [0.25, 0.3) is 0 Å². The molecule has 1 aromatic carbocycles. The van der Waals surface area contributed by atoms with E-state index in [0.717, 1.165) is 50.8 Å². The molecule has 1 saturated heterocycles. The van der Waals surface area contributed by atoms with Crippen molar-refractivity contribution in [2.24, 2.45) is 11.3 Å². The lowest BCUT2D eigenvalue weighted by Gasteiger charge is -2.31. The van der Waals surface area contributed by atoms with E-state index in [9.17, 15) is 9.18 Å². The van der Waals surface area contributed by atoms with Crippen LogP contribution in [0.4, 0.5) is 4.39 Å². The molecule has 1 spiro atoms. The minimum absolute atomic E-state index is 0.203. The van der Waals surface area contributed by atoms with Crippen LogP contribution < -0.4 is 5.32 Å². The number of hydrogen-bond acceptors (Lipinski definition) is 2. The molecule has 24 heavy (non-hydrogen) atoms. The van der Waals surface area contributed by atoms with Crippen LogP contribution in [0.3, 0.4) is 0 Å². The lowest BCUT2D eigenvalue weighted by atomic mass is 9.91. The molecule has 0 bridgehead atoms. The second-order valence-corrected chi connectivity index (χ2v) is 7.90. The Balaban J connectivity index is 1.51. The summed E-state index contributed by atoms with van der Waals surface area (Å²) in [5, 5.41) is 3.40. The number of benzene rings is 1. The van der Waals surface area contributed by atoms with Crippen LogP contribution in [0.25, 0.3) is 0 Å². The number of piperidine rings is 1. The van der Waals surface area contributed by atoms with Crippen molar-refractivity contribution in [1.29, 1.82) is 0 Å². The molecule has 0 radical (unpaired) electrons. The zero-order valence-electron chi connectivity index (χ0n) is 14.3. The minimum Gasteiger partial charge on any atom is -0.335 e. The van der Waals surface area contributed by atoms with E-state index in [1.165, 1.54) is 18.9 Å². The largest absolute Gasteiger partial charge is 0.335 e. The Morgan fingerprint density at radius 3 is 2.71 bits per heavy atom. The fourth-order valence-electron chi connectivity index (χ4n) is 4.81. The lowest BCUT2D eigenvalue weighted by molar-refractivity contribution is -0.136. The average molecular weight is 330 g/mol. The molecule has 3 aliphatic rings. The first-order valence-corrected chi connectivity index (χ1v) is 9.44. The predicted molar refractivity (Wildman–Crippen MR) is 91.8 cm³/mol. The molecule has 4 heteroatoms. The van der Waals surface area contributed by atoms with Crippen LogP contribution >= 0.6 is 0 Å². The smallest absolute Gasteiger partial charge is 0.226 e. The number of halogens is 1. The second-order valence-electron chi connectivity index (χ2n) is 7.90. The molecule has 0 aromatic heterocycles. The summed E-state index contributed by atoms with van der Waals surface area (Å²) in [5.74, 6) is 0.314. The van der Waals surface area contributed by atoms with Crippen LogP contribution in [0.15, 0.2) is 24.3 Å². The third-order valence-corrected chi connectivity index (χ3v) is 6.38. The highest BCUT2D eigenvalue weighted by Crippen LogP contribution is 2.59. The maximum atomic E-state index is 13.5. The summed E-state index contributed by atoms with van der Waals surface area (Å²) in [6, 6.07) is 7.07. The van der Waals surface area contributed by atoms with Crippen LogP contribution in [0.2, 0.25) is 0 Å². The van der Waals surface area contributed by atoms with Crippen LogP contribution in [-0.2, 0) is 11.3 Å². The number of rotatable bonds is 4. The predicted octanol–water partition coefficient (Wildman–Crippen LogP) is 3.49. The molecule has 1 N–H and O–H groups in total. The average Bonchev–Trinajstić information content (AvgIpc) is 3.03. The molecule has 3 fully saturated rings. The van der Waals surface area contributed by atoms with Gasteiger partial charge in [-0.15, -0.1) is 0 Å². The number of nitrogens with one attached hydrogen (secondary N) is 1. The zero-order chi connectivity index (χ0) is 16.6. The molecule has 130 valence electrons. The second kappa shape index (κ2) is 6.47. The maximum absolute atomic E-state index is 13.5. The minimum atomic E-state index is -0.215. The highest BCUT2D eigenvalue weighted by Gasteiger charge is 2.59.